The molecule has 0 unspecified atom stereocenters. The fourth-order valence-corrected chi connectivity index (χ4v) is 2.96. The number of hydrogen-bond acceptors (Lipinski definition) is 4. The van der Waals surface area contributed by atoms with Crippen molar-refractivity contribution in [1.29, 1.82) is 0 Å². The summed E-state index contributed by atoms with van der Waals surface area (Å²) in [6, 6.07) is 8.76. The molecular weight excluding hydrogens is 288 g/mol. The third-order valence-electron chi connectivity index (χ3n) is 3.09. The van der Waals surface area contributed by atoms with Gasteiger partial charge in [-0.2, -0.15) is 8.42 Å². The van der Waals surface area contributed by atoms with Crippen molar-refractivity contribution in [3.8, 4) is 0 Å². The van der Waals surface area contributed by atoms with Crippen LogP contribution in [0.25, 0.3) is 0 Å². The molecule has 114 valence electrons. The molecule has 0 saturated heterocycles. The van der Waals surface area contributed by atoms with Crippen molar-refractivity contribution in [2.24, 2.45) is 0 Å². The van der Waals surface area contributed by atoms with E-state index in [9.17, 15) is 8.42 Å². The molecule has 0 atom stereocenters. The van der Waals surface area contributed by atoms with E-state index in [0.717, 1.165) is 17.7 Å². The monoisotopic (exact) mass is 308 g/mol. The van der Waals surface area contributed by atoms with E-state index in [0.29, 0.717) is 18.0 Å². The van der Waals surface area contributed by atoms with E-state index in [2.05, 4.69) is 10.0 Å². The molecule has 2 N–H and O–H groups in total. The van der Waals surface area contributed by atoms with Gasteiger partial charge in [0.25, 0.3) is 10.0 Å². The smallest absolute Gasteiger partial charge is 0.295 e. The predicted molar refractivity (Wildman–Crippen MR) is 82.8 cm³/mol. The van der Waals surface area contributed by atoms with E-state index < -0.39 is 10.0 Å². The largest absolute Gasteiger partial charge is 0.446 e. The van der Waals surface area contributed by atoms with Gasteiger partial charge >= 0.3 is 0 Å². The highest BCUT2D eigenvalue weighted by atomic mass is 32.2. The van der Waals surface area contributed by atoms with Crippen LogP contribution in [0.15, 0.2) is 39.8 Å². The van der Waals surface area contributed by atoms with Crippen molar-refractivity contribution in [2.75, 3.05) is 11.3 Å². The summed E-state index contributed by atoms with van der Waals surface area (Å²) >= 11 is 0. The highest BCUT2D eigenvalue weighted by molar-refractivity contribution is 7.92. The first-order valence-corrected chi connectivity index (χ1v) is 8.30. The lowest BCUT2D eigenvalue weighted by Crippen LogP contribution is -2.13. The minimum absolute atomic E-state index is 0.0729. The van der Waals surface area contributed by atoms with Crippen LogP contribution in [-0.4, -0.2) is 15.0 Å². The number of nitrogens with one attached hydrogen (secondary N) is 2. The van der Waals surface area contributed by atoms with E-state index in [1.54, 1.807) is 12.1 Å². The van der Waals surface area contributed by atoms with Gasteiger partial charge in [-0.05, 0) is 49.7 Å². The second kappa shape index (κ2) is 6.32. The van der Waals surface area contributed by atoms with Gasteiger partial charge in [0.15, 0.2) is 0 Å². The molecule has 0 aliphatic rings. The Kier molecular flexibility index (Phi) is 4.69. The average Bonchev–Trinajstić information content (AvgIpc) is 2.90. The summed E-state index contributed by atoms with van der Waals surface area (Å²) < 4.78 is 32.6. The SMILES string of the molecule is CCNCc1ccc(S(=O)(=O)Nc2cc(C)ccc2C)o1. The average molecular weight is 308 g/mol. The molecule has 2 aromatic rings. The fourth-order valence-electron chi connectivity index (χ4n) is 1.89. The highest BCUT2D eigenvalue weighted by Gasteiger charge is 2.19. The van der Waals surface area contributed by atoms with Crippen LogP contribution in [0.3, 0.4) is 0 Å². The van der Waals surface area contributed by atoms with Crippen molar-refractivity contribution >= 4 is 15.7 Å². The molecule has 0 aliphatic heterocycles. The Labute approximate surface area is 125 Å². The van der Waals surface area contributed by atoms with Crippen LogP contribution in [0.1, 0.15) is 23.8 Å². The summed E-state index contributed by atoms with van der Waals surface area (Å²) in [4.78, 5) is 0. The molecule has 0 amide bonds. The maximum Gasteiger partial charge on any atom is 0.295 e. The van der Waals surface area contributed by atoms with Gasteiger partial charge in [0.2, 0.25) is 5.09 Å². The van der Waals surface area contributed by atoms with Crippen LogP contribution in [0, 0.1) is 13.8 Å². The molecule has 2 rings (SSSR count). The lowest BCUT2D eigenvalue weighted by atomic mass is 10.1. The van der Waals surface area contributed by atoms with Gasteiger partial charge in [-0.3, -0.25) is 4.72 Å². The minimum Gasteiger partial charge on any atom is -0.446 e. The van der Waals surface area contributed by atoms with Crippen molar-refractivity contribution in [1.82, 2.24) is 5.32 Å². The van der Waals surface area contributed by atoms with Gasteiger partial charge in [-0.25, -0.2) is 0 Å². The van der Waals surface area contributed by atoms with Crippen molar-refractivity contribution in [3.05, 3.63) is 47.2 Å². The Morgan fingerprint density at radius 3 is 2.62 bits per heavy atom. The van der Waals surface area contributed by atoms with Crippen LogP contribution in [0.4, 0.5) is 5.69 Å². The minimum atomic E-state index is -3.70. The summed E-state index contributed by atoms with van der Waals surface area (Å²) in [6.45, 7) is 7.05. The maximum absolute atomic E-state index is 12.3. The maximum atomic E-state index is 12.3. The molecule has 0 radical (unpaired) electrons. The molecule has 1 aromatic carbocycles. The second-order valence-corrected chi connectivity index (χ2v) is 6.54. The molecule has 1 aromatic heterocycles. The number of aryl methyl sites for hydroxylation is 2. The first-order valence-electron chi connectivity index (χ1n) is 6.82. The van der Waals surface area contributed by atoms with Gasteiger partial charge in [0.05, 0.1) is 12.2 Å². The number of sulfonamides is 1. The van der Waals surface area contributed by atoms with Gasteiger partial charge in [0.1, 0.15) is 5.76 Å². The van der Waals surface area contributed by atoms with Crippen LogP contribution < -0.4 is 10.0 Å². The molecule has 0 aliphatic carbocycles. The third kappa shape index (κ3) is 3.86. The van der Waals surface area contributed by atoms with Crippen LogP contribution in [-0.2, 0) is 16.6 Å². The van der Waals surface area contributed by atoms with E-state index in [1.807, 2.05) is 32.9 Å². The molecule has 0 bridgehead atoms. The molecule has 0 saturated carbocycles. The second-order valence-electron chi connectivity index (χ2n) is 4.92. The third-order valence-corrected chi connectivity index (χ3v) is 4.33. The summed E-state index contributed by atoms with van der Waals surface area (Å²) in [5.41, 5.74) is 2.42. The standard InChI is InChI=1S/C15H20N2O3S/c1-4-16-10-13-7-8-15(20-13)21(18,19)17-14-9-11(2)5-6-12(14)3/h5-9,16-17H,4,10H2,1-3H3. The van der Waals surface area contributed by atoms with Crippen molar-refractivity contribution in [2.45, 2.75) is 32.4 Å². The lowest BCUT2D eigenvalue weighted by Gasteiger charge is -2.09. The van der Waals surface area contributed by atoms with Gasteiger partial charge in [-0.15, -0.1) is 0 Å². The molecular formula is C15H20N2O3S. The van der Waals surface area contributed by atoms with E-state index in [-0.39, 0.29) is 5.09 Å². The number of benzene rings is 1. The van der Waals surface area contributed by atoms with Gasteiger partial charge < -0.3 is 9.73 Å². The van der Waals surface area contributed by atoms with Gasteiger partial charge in [-0.1, -0.05) is 19.1 Å². The summed E-state index contributed by atoms with van der Waals surface area (Å²) in [5.74, 6) is 0.596. The van der Waals surface area contributed by atoms with Crippen molar-refractivity contribution < 1.29 is 12.8 Å². The van der Waals surface area contributed by atoms with Crippen molar-refractivity contribution in [3.63, 3.8) is 0 Å². The normalized spacial score (nSPS) is 11.6. The Morgan fingerprint density at radius 2 is 1.90 bits per heavy atom. The van der Waals surface area contributed by atoms with E-state index >= 15 is 0 Å². The van der Waals surface area contributed by atoms with E-state index in [1.165, 1.54) is 6.07 Å². The molecule has 5 nitrogen and oxygen atoms in total. The van der Waals surface area contributed by atoms with Crippen LogP contribution in [0.2, 0.25) is 0 Å². The summed E-state index contributed by atoms with van der Waals surface area (Å²) in [7, 11) is -3.70. The molecule has 6 heteroatoms. The number of anilines is 1. The zero-order valence-corrected chi connectivity index (χ0v) is 13.3. The first-order chi connectivity index (χ1) is 9.92. The zero-order chi connectivity index (χ0) is 15.5. The Balaban J connectivity index is 2.22. The van der Waals surface area contributed by atoms with Gasteiger partial charge in [0, 0.05) is 0 Å². The van der Waals surface area contributed by atoms with Crippen LogP contribution >= 0.6 is 0 Å². The molecule has 0 fully saturated rings. The number of hydrogen-bond donors (Lipinski definition) is 2. The molecule has 1 heterocycles. The predicted octanol–water partition coefficient (Wildman–Crippen LogP) is 2.81. The topological polar surface area (TPSA) is 71.3 Å². The quantitative estimate of drug-likeness (QED) is 0.861. The Bertz CT molecular complexity index is 720. The number of furan rings is 1. The Morgan fingerprint density at radius 1 is 1.14 bits per heavy atom. The summed E-state index contributed by atoms with van der Waals surface area (Å²) in [5, 5.41) is 3.01. The molecule has 0 spiro atoms. The van der Waals surface area contributed by atoms with E-state index in [4.69, 9.17) is 4.42 Å². The summed E-state index contributed by atoms with van der Waals surface area (Å²) in [6.07, 6.45) is 0. The Hall–Kier alpha value is -1.79. The highest BCUT2D eigenvalue weighted by Crippen LogP contribution is 2.22. The fraction of sp³-hybridized carbons (Fsp3) is 0.333. The van der Waals surface area contributed by atoms with Crippen LogP contribution in [0.5, 0.6) is 0 Å². The first kappa shape index (κ1) is 15.6. The number of rotatable bonds is 6. The zero-order valence-electron chi connectivity index (χ0n) is 12.4. The molecule has 21 heavy (non-hydrogen) atoms. The lowest BCUT2D eigenvalue weighted by molar-refractivity contribution is 0.405.